The van der Waals surface area contributed by atoms with E-state index in [0.717, 1.165) is 16.8 Å². The fourth-order valence-electron chi connectivity index (χ4n) is 2.37. The normalized spacial score (nSPS) is 16.5. The summed E-state index contributed by atoms with van der Waals surface area (Å²) in [6, 6.07) is 1.46. The summed E-state index contributed by atoms with van der Waals surface area (Å²) in [4.78, 5) is 11.4. The molecule has 2 aromatic rings. The van der Waals surface area contributed by atoms with Crippen LogP contribution in [-0.2, 0) is 10.3 Å². The van der Waals surface area contributed by atoms with Gasteiger partial charge in [-0.1, -0.05) is 0 Å². The van der Waals surface area contributed by atoms with Gasteiger partial charge in [-0.15, -0.1) is 5.10 Å². The Morgan fingerprint density at radius 1 is 1.24 bits per heavy atom. The van der Waals surface area contributed by atoms with Crippen molar-refractivity contribution in [3.05, 3.63) is 29.6 Å². The molecule has 0 saturated heterocycles. The van der Waals surface area contributed by atoms with Gasteiger partial charge in [0.05, 0.1) is 0 Å². The van der Waals surface area contributed by atoms with Gasteiger partial charge < -0.3 is 5.11 Å². The lowest BCUT2D eigenvalue weighted by atomic mass is 9.76. The fraction of sp³-hybridized carbons (Fsp3) is 0.333. The molecule has 1 aliphatic carbocycles. The lowest BCUT2D eigenvalue weighted by molar-refractivity contribution is -0.153. The molecule has 0 unspecified atom stereocenters. The van der Waals surface area contributed by atoms with Gasteiger partial charge in [-0.2, -0.15) is 0 Å². The van der Waals surface area contributed by atoms with E-state index in [4.69, 9.17) is 0 Å². The zero-order chi connectivity index (χ0) is 15.2. The molecule has 1 heterocycles. The summed E-state index contributed by atoms with van der Waals surface area (Å²) in [5.74, 6) is -5.62. The number of benzene rings is 1. The van der Waals surface area contributed by atoms with Crippen LogP contribution in [0.25, 0.3) is 11.4 Å². The quantitative estimate of drug-likeness (QED) is 0.873. The average molecular weight is 298 g/mol. The van der Waals surface area contributed by atoms with E-state index in [9.17, 15) is 23.1 Å². The molecule has 0 atom stereocenters. The minimum absolute atomic E-state index is 0.116. The summed E-state index contributed by atoms with van der Waals surface area (Å²) in [6.45, 7) is 0. The van der Waals surface area contributed by atoms with E-state index < -0.39 is 29.0 Å². The lowest BCUT2D eigenvalue weighted by Crippen LogP contribution is -2.48. The zero-order valence-corrected chi connectivity index (χ0v) is 10.6. The van der Waals surface area contributed by atoms with E-state index in [0.29, 0.717) is 19.3 Å². The Bertz CT molecular complexity index is 704. The van der Waals surface area contributed by atoms with Crippen LogP contribution in [0.3, 0.4) is 0 Å². The number of hydrogen-bond donors (Lipinski definition) is 1. The third-order valence-corrected chi connectivity index (χ3v) is 3.70. The molecular formula is C12H9F3N4O2. The van der Waals surface area contributed by atoms with Crippen molar-refractivity contribution in [1.82, 2.24) is 20.2 Å². The Morgan fingerprint density at radius 3 is 2.33 bits per heavy atom. The van der Waals surface area contributed by atoms with Crippen molar-refractivity contribution in [1.29, 1.82) is 0 Å². The number of hydrogen-bond acceptors (Lipinski definition) is 4. The van der Waals surface area contributed by atoms with Crippen LogP contribution in [-0.4, -0.2) is 31.3 Å². The van der Waals surface area contributed by atoms with E-state index in [-0.39, 0.29) is 11.4 Å². The Kier molecular flexibility index (Phi) is 2.92. The smallest absolute Gasteiger partial charge is 0.331 e. The second-order valence-electron chi connectivity index (χ2n) is 4.86. The number of aliphatic carboxylic acids is 1. The molecular weight excluding hydrogens is 289 g/mol. The number of carboxylic acid groups (broad SMARTS) is 1. The van der Waals surface area contributed by atoms with Gasteiger partial charge in [0.2, 0.25) is 0 Å². The molecule has 0 amide bonds. The summed E-state index contributed by atoms with van der Waals surface area (Å²) in [5, 5.41) is 20.0. The first-order valence-corrected chi connectivity index (χ1v) is 6.13. The van der Waals surface area contributed by atoms with Crippen LogP contribution in [0.4, 0.5) is 13.2 Å². The number of nitrogens with zero attached hydrogens (tertiary/aromatic N) is 4. The molecule has 0 aliphatic heterocycles. The van der Waals surface area contributed by atoms with Crippen LogP contribution in [0.1, 0.15) is 19.3 Å². The van der Waals surface area contributed by atoms with Crippen LogP contribution in [0, 0.1) is 17.5 Å². The van der Waals surface area contributed by atoms with Gasteiger partial charge in [0.15, 0.2) is 28.8 Å². The van der Waals surface area contributed by atoms with Crippen LogP contribution >= 0.6 is 0 Å². The second kappa shape index (κ2) is 4.54. The Labute approximate surface area is 116 Å². The first kappa shape index (κ1) is 13.5. The minimum atomic E-state index is -1.60. The topological polar surface area (TPSA) is 80.9 Å². The van der Waals surface area contributed by atoms with Crippen molar-refractivity contribution in [2.45, 2.75) is 24.8 Å². The molecule has 0 bridgehead atoms. The molecule has 1 fully saturated rings. The fourth-order valence-corrected chi connectivity index (χ4v) is 2.37. The van der Waals surface area contributed by atoms with E-state index >= 15 is 0 Å². The highest BCUT2D eigenvalue weighted by Gasteiger charge is 2.49. The van der Waals surface area contributed by atoms with Crippen molar-refractivity contribution in [2.75, 3.05) is 0 Å². The number of rotatable bonds is 3. The number of carbonyl (C=O) groups is 1. The predicted octanol–water partition coefficient (Wildman–Crippen LogP) is 1.72. The molecule has 21 heavy (non-hydrogen) atoms. The van der Waals surface area contributed by atoms with Crippen LogP contribution < -0.4 is 0 Å². The highest BCUT2D eigenvalue weighted by atomic mass is 19.2. The maximum Gasteiger partial charge on any atom is 0.331 e. The number of carboxylic acids is 1. The van der Waals surface area contributed by atoms with Crippen molar-refractivity contribution in [3.8, 4) is 11.4 Å². The van der Waals surface area contributed by atoms with Crippen molar-refractivity contribution >= 4 is 5.97 Å². The van der Waals surface area contributed by atoms with Crippen molar-refractivity contribution < 1.29 is 23.1 Å². The lowest BCUT2D eigenvalue weighted by Gasteiger charge is -2.37. The molecule has 0 spiro atoms. The molecule has 1 N–H and O–H groups in total. The molecule has 6 nitrogen and oxygen atoms in total. The maximum atomic E-state index is 13.3. The van der Waals surface area contributed by atoms with Crippen LogP contribution in [0.2, 0.25) is 0 Å². The molecule has 9 heteroatoms. The highest BCUT2D eigenvalue weighted by Crippen LogP contribution is 2.41. The average Bonchev–Trinajstić information content (AvgIpc) is 2.83. The number of halogens is 3. The molecule has 1 saturated carbocycles. The first-order chi connectivity index (χ1) is 9.95. The maximum absolute atomic E-state index is 13.3. The van der Waals surface area contributed by atoms with Crippen molar-refractivity contribution in [3.63, 3.8) is 0 Å². The monoisotopic (exact) mass is 298 g/mol. The molecule has 0 radical (unpaired) electrons. The van der Waals surface area contributed by atoms with Gasteiger partial charge in [0.25, 0.3) is 0 Å². The molecule has 1 aromatic carbocycles. The van der Waals surface area contributed by atoms with Gasteiger partial charge in [-0.25, -0.2) is 22.6 Å². The minimum Gasteiger partial charge on any atom is -0.479 e. The standard InChI is InChI=1S/C12H9F3N4O2/c13-7-4-6(5-8(14)9(7)15)10-16-17-18-19(10)12(11(20)21)2-1-3-12/h4-5H,1-3H2,(H,20,21). The summed E-state index contributed by atoms with van der Waals surface area (Å²) in [7, 11) is 0. The van der Waals surface area contributed by atoms with Gasteiger partial charge in [-0.05, 0) is 41.8 Å². The first-order valence-electron chi connectivity index (χ1n) is 6.13. The third-order valence-electron chi connectivity index (χ3n) is 3.70. The number of tetrazole rings is 1. The van der Waals surface area contributed by atoms with Gasteiger partial charge >= 0.3 is 5.97 Å². The second-order valence-corrected chi connectivity index (χ2v) is 4.86. The van der Waals surface area contributed by atoms with E-state index in [1.54, 1.807) is 0 Å². The summed E-state index contributed by atoms with van der Waals surface area (Å²) < 4.78 is 40.6. The van der Waals surface area contributed by atoms with E-state index in [1.165, 1.54) is 0 Å². The van der Waals surface area contributed by atoms with Gasteiger partial charge in [-0.3, -0.25) is 0 Å². The van der Waals surface area contributed by atoms with Crippen LogP contribution in [0.5, 0.6) is 0 Å². The van der Waals surface area contributed by atoms with E-state index in [1.807, 2.05) is 0 Å². The zero-order valence-electron chi connectivity index (χ0n) is 10.6. The summed E-state index contributed by atoms with van der Waals surface area (Å²) in [6.07, 6.45) is 1.30. The largest absolute Gasteiger partial charge is 0.479 e. The van der Waals surface area contributed by atoms with Gasteiger partial charge in [0.1, 0.15) is 0 Å². The number of aromatic nitrogens is 4. The van der Waals surface area contributed by atoms with E-state index in [2.05, 4.69) is 15.5 Å². The SMILES string of the molecule is O=C(O)C1(n2nnnc2-c2cc(F)c(F)c(F)c2)CCC1. The Balaban J connectivity index is 2.14. The summed E-state index contributed by atoms with van der Waals surface area (Å²) >= 11 is 0. The summed E-state index contributed by atoms with van der Waals surface area (Å²) in [5.41, 5.74) is -1.44. The Morgan fingerprint density at radius 2 is 1.86 bits per heavy atom. The molecule has 110 valence electrons. The highest BCUT2D eigenvalue weighted by molar-refractivity contribution is 5.78. The molecule has 3 rings (SSSR count). The predicted molar refractivity (Wildman–Crippen MR) is 62.6 cm³/mol. The van der Waals surface area contributed by atoms with Crippen molar-refractivity contribution in [2.24, 2.45) is 0 Å². The Hall–Kier alpha value is -2.45. The van der Waals surface area contributed by atoms with Gasteiger partial charge in [0, 0.05) is 5.56 Å². The molecule has 1 aliphatic rings. The van der Waals surface area contributed by atoms with Crippen LogP contribution in [0.15, 0.2) is 12.1 Å². The third kappa shape index (κ3) is 1.88. The molecule has 1 aromatic heterocycles.